The summed E-state index contributed by atoms with van der Waals surface area (Å²) in [6.07, 6.45) is 1.27. The SMILES string of the molecule is CNCCCC(=O)N(C)c1ccc2[nH]c(=O)oc2c1. The predicted octanol–water partition coefficient (Wildman–Crippen LogP) is 1.08. The van der Waals surface area contributed by atoms with Crippen LogP contribution in [0.1, 0.15) is 12.8 Å². The molecule has 0 fully saturated rings. The smallest absolute Gasteiger partial charge is 0.408 e. The van der Waals surface area contributed by atoms with Crippen molar-refractivity contribution < 1.29 is 9.21 Å². The van der Waals surface area contributed by atoms with Crippen LogP contribution in [-0.4, -0.2) is 31.5 Å². The van der Waals surface area contributed by atoms with Crippen molar-refractivity contribution in [1.82, 2.24) is 10.3 Å². The Balaban J connectivity index is 2.13. The van der Waals surface area contributed by atoms with Crippen molar-refractivity contribution in [1.29, 1.82) is 0 Å². The minimum absolute atomic E-state index is 0.0347. The van der Waals surface area contributed by atoms with Gasteiger partial charge in [-0.15, -0.1) is 0 Å². The van der Waals surface area contributed by atoms with Gasteiger partial charge in [-0.1, -0.05) is 0 Å². The van der Waals surface area contributed by atoms with E-state index in [0.29, 0.717) is 23.2 Å². The molecule has 2 N–H and O–H groups in total. The van der Waals surface area contributed by atoms with Crippen LogP contribution in [0.5, 0.6) is 0 Å². The molecule has 6 heteroatoms. The third-order valence-electron chi connectivity index (χ3n) is 2.98. The van der Waals surface area contributed by atoms with E-state index in [1.54, 1.807) is 30.1 Å². The number of aromatic nitrogens is 1. The Labute approximate surface area is 110 Å². The van der Waals surface area contributed by atoms with Crippen molar-refractivity contribution in [2.75, 3.05) is 25.5 Å². The molecule has 0 spiro atoms. The summed E-state index contributed by atoms with van der Waals surface area (Å²) in [6.45, 7) is 0.811. The Morgan fingerprint density at radius 1 is 1.47 bits per heavy atom. The number of amides is 1. The lowest BCUT2D eigenvalue weighted by Gasteiger charge is -2.17. The highest BCUT2D eigenvalue weighted by molar-refractivity contribution is 5.94. The largest absolute Gasteiger partial charge is 0.417 e. The number of anilines is 1. The van der Waals surface area contributed by atoms with E-state index in [1.807, 2.05) is 7.05 Å². The molecule has 1 aromatic heterocycles. The molecule has 102 valence electrons. The van der Waals surface area contributed by atoms with Crippen LogP contribution in [0.2, 0.25) is 0 Å². The molecule has 2 rings (SSSR count). The van der Waals surface area contributed by atoms with Gasteiger partial charge in [-0.05, 0) is 32.1 Å². The second-order valence-electron chi connectivity index (χ2n) is 4.35. The van der Waals surface area contributed by atoms with Gasteiger partial charge in [-0.25, -0.2) is 4.79 Å². The zero-order valence-electron chi connectivity index (χ0n) is 11.0. The number of carbonyl (C=O) groups is 1. The molecule has 0 aliphatic rings. The molecule has 0 radical (unpaired) electrons. The number of nitrogens with one attached hydrogen (secondary N) is 2. The summed E-state index contributed by atoms with van der Waals surface area (Å²) in [5.74, 6) is -0.456. The summed E-state index contributed by atoms with van der Waals surface area (Å²) in [7, 11) is 3.57. The van der Waals surface area contributed by atoms with Gasteiger partial charge >= 0.3 is 5.76 Å². The van der Waals surface area contributed by atoms with Crippen LogP contribution < -0.4 is 16.0 Å². The Morgan fingerprint density at radius 3 is 3.00 bits per heavy atom. The normalized spacial score (nSPS) is 10.8. The highest BCUT2D eigenvalue weighted by Gasteiger charge is 2.12. The predicted molar refractivity (Wildman–Crippen MR) is 73.4 cm³/mol. The van der Waals surface area contributed by atoms with Gasteiger partial charge < -0.3 is 14.6 Å². The molecule has 1 amide bonds. The highest BCUT2D eigenvalue weighted by Crippen LogP contribution is 2.20. The topological polar surface area (TPSA) is 78.3 Å². The van der Waals surface area contributed by atoms with Crippen molar-refractivity contribution in [3.8, 4) is 0 Å². The fourth-order valence-corrected chi connectivity index (χ4v) is 1.87. The molecule has 1 heterocycles. The lowest BCUT2D eigenvalue weighted by atomic mass is 10.2. The number of H-pyrrole nitrogens is 1. The van der Waals surface area contributed by atoms with Crippen LogP contribution in [0, 0.1) is 0 Å². The van der Waals surface area contributed by atoms with E-state index in [4.69, 9.17) is 4.42 Å². The van der Waals surface area contributed by atoms with Crippen LogP contribution in [0.25, 0.3) is 11.1 Å². The van der Waals surface area contributed by atoms with Crippen LogP contribution in [0.15, 0.2) is 27.4 Å². The number of fused-ring (bicyclic) bond motifs is 1. The zero-order chi connectivity index (χ0) is 13.8. The second-order valence-corrected chi connectivity index (χ2v) is 4.35. The van der Waals surface area contributed by atoms with Gasteiger partial charge in [0.05, 0.1) is 5.52 Å². The first kappa shape index (κ1) is 13.4. The average molecular weight is 263 g/mol. The molecule has 0 atom stereocenters. The van der Waals surface area contributed by atoms with E-state index >= 15 is 0 Å². The number of hydrogen-bond donors (Lipinski definition) is 2. The van der Waals surface area contributed by atoms with Crippen molar-refractivity contribution in [2.45, 2.75) is 12.8 Å². The summed E-state index contributed by atoms with van der Waals surface area (Å²) in [5.41, 5.74) is 1.80. The Kier molecular flexibility index (Phi) is 4.01. The van der Waals surface area contributed by atoms with Gasteiger partial charge in [0.2, 0.25) is 5.91 Å². The summed E-state index contributed by atoms with van der Waals surface area (Å²) in [5, 5.41) is 3.00. The fourth-order valence-electron chi connectivity index (χ4n) is 1.87. The number of oxazole rings is 1. The Bertz CT molecular complexity index is 629. The second kappa shape index (κ2) is 5.71. The van der Waals surface area contributed by atoms with E-state index in [2.05, 4.69) is 10.3 Å². The average Bonchev–Trinajstić information content (AvgIpc) is 2.77. The molecular formula is C13H17N3O3. The van der Waals surface area contributed by atoms with Gasteiger partial charge in [0.1, 0.15) is 0 Å². The van der Waals surface area contributed by atoms with Crippen molar-refractivity contribution in [2.24, 2.45) is 0 Å². The van der Waals surface area contributed by atoms with E-state index in [9.17, 15) is 9.59 Å². The molecule has 6 nitrogen and oxygen atoms in total. The van der Waals surface area contributed by atoms with Crippen LogP contribution >= 0.6 is 0 Å². The minimum atomic E-state index is -0.491. The fraction of sp³-hybridized carbons (Fsp3) is 0.385. The third-order valence-corrected chi connectivity index (χ3v) is 2.98. The van der Waals surface area contributed by atoms with Gasteiger partial charge in [-0.3, -0.25) is 9.78 Å². The zero-order valence-corrected chi connectivity index (χ0v) is 11.0. The number of rotatable bonds is 5. The molecule has 19 heavy (non-hydrogen) atoms. The molecule has 0 saturated heterocycles. The molecule has 2 aromatic rings. The van der Waals surface area contributed by atoms with Crippen LogP contribution in [0.3, 0.4) is 0 Å². The quantitative estimate of drug-likeness (QED) is 0.791. The van der Waals surface area contributed by atoms with Crippen molar-refractivity contribution >= 4 is 22.7 Å². The van der Waals surface area contributed by atoms with Crippen LogP contribution in [-0.2, 0) is 4.79 Å². The molecule has 0 aliphatic heterocycles. The number of nitrogens with zero attached hydrogens (tertiary/aromatic N) is 1. The maximum atomic E-state index is 12.0. The number of hydrogen-bond acceptors (Lipinski definition) is 4. The van der Waals surface area contributed by atoms with E-state index in [-0.39, 0.29) is 5.91 Å². The first-order valence-electron chi connectivity index (χ1n) is 6.16. The standard InChI is InChI=1S/C13H17N3O3/c1-14-7-3-4-12(17)16(2)9-5-6-10-11(8-9)19-13(18)15-10/h5-6,8,14H,3-4,7H2,1-2H3,(H,15,18). The lowest BCUT2D eigenvalue weighted by molar-refractivity contribution is -0.118. The maximum absolute atomic E-state index is 12.0. The molecule has 0 unspecified atom stereocenters. The Morgan fingerprint density at radius 2 is 2.26 bits per heavy atom. The third kappa shape index (κ3) is 3.03. The van der Waals surface area contributed by atoms with Crippen molar-refractivity contribution in [3.05, 3.63) is 28.7 Å². The monoisotopic (exact) mass is 263 g/mol. The molecule has 1 aromatic carbocycles. The van der Waals surface area contributed by atoms with E-state index in [1.165, 1.54) is 0 Å². The first-order valence-corrected chi connectivity index (χ1v) is 6.16. The summed E-state index contributed by atoms with van der Waals surface area (Å²) in [4.78, 5) is 27.2. The highest BCUT2D eigenvalue weighted by atomic mass is 16.4. The number of aromatic amines is 1. The molecule has 0 saturated carbocycles. The summed E-state index contributed by atoms with van der Waals surface area (Å²) in [6, 6.07) is 5.19. The van der Waals surface area contributed by atoms with Gasteiger partial charge in [0.25, 0.3) is 0 Å². The Hall–Kier alpha value is -2.08. The first-order chi connectivity index (χ1) is 9.11. The molecule has 0 aliphatic carbocycles. The van der Waals surface area contributed by atoms with E-state index in [0.717, 1.165) is 13.0 Å². The maximum Gasteiger partial charge on any atom is 0.417 e. The number of carbonyl (C=O) groups excluding carboxylic acids is 1. The van der Waals surface area contributed by atoms with E-state index < -0.39 is 5.76 Å². The van der Waals surface area contributed by atoms with Gasteiger partial charge in [0, 0.05) is 25.2 Å². The van der Waals surface area contributed by atoms with Gasteiger partial charge in [-0.2, -0.15) is 0 Å². The van der Waals surface area contributed by atoms with Gasteiger partial charge in [0.15, 0.2) is 5.58 Å². The minimum Gasteiger partial charge on any atom is -0.408 e. The molecule has 0 bridgehead atoms. The molecular weight excluding hydrogens is 246 g/mol. The summed E-state index contributed by atoms with van der Waals surface area (Å²) >= 11 is 0. The van der Waals surface area contributed by atoms with Crippen molar-refractivity contribution in [3.63, 3.8) is 0 Å². The lowest BCUT2D eigenvalue weighted by Crippen LogP contribution is -2.26. The number of benzene rings is 1. The summed E-state index contributed by atoms with van der Waals surface area (Å²) < 4.78 is 4.98. The van der Waals surface area contributed by atoms with Crippen LogP contribution in [0.4, 0.5) is 5.69 Å².